The predicted molar refractivity (Wildman–Crippen MR) is 86.6 cm³/mol. The Morgan fingerprint density at radius 3 is 2.57 bits per heavy atom. The van der Waals surface area contributed by atoms with Gasteiger partial charge in [0.15, 0.2) is 0 Å². The number of nitrogens with zero attached hydrogens (tertiary/aromatic N) is 1. The third-order valence-corrected chi connectivity index (χ3v) is 3.55. The summed E-state index contributed by atoms with van der Waals surface area (Å²) in [6.07, 6.45) is 5.59. The molecule has 0 amide bonds. The van der Waals surface area contributed by atoms with Crippen molar-refractivity contribution in [3.05, 3.63) is 59.9 Å². The van der Waals surface area contributed by atoms with Gasteiger partial charge in [0.05, 0.1) is 6.61 Å². The lowest BCUT2D eigenvalue weighted by atomic mass is 10.0. The molecule has 1 heterocycles. The first kappa shape index (κ1) is 15.5. The molecule has 2 rings (SSSR count). The molecule has 0 aliphatic rings. The summed E-state index contributed by atoms with van der Waals surface area (Å²) in [5, 5.41) is 3.51. The first-order valence-electron chi connectivity index (χ1n) is 7.69. The fraction of sp³-hybridized carbons (Fsp3) is 0.389. The van der Waals surface area contributed by atoms with Crippen LogP contribution in [0.15, 0.2) is 48.8 Å². The minimum atomic E-state index is 0.354. The number of benzene rings is 1. The van der Waals surface area contributed by atoms with Crippen molar-refractivity contribution in [3.8, 4) is 5.75 Å². The minimum Gasteiger partial charge on any atom is -0.493 e. The molecular weight excluding hydrogens is 260 g/mol. The van der Waals surface area contributed by atoms with Gasteiger partial charge in [-0.2, -0.15) is 0 Å². The van der Waals surface area contributed by atoms with Gasteiger partial charge in [0.25, 0.3) is 0 Å². The second-order valence-corrected chi connectivity index (χ2v) is 5.01. The fourth-order valence-corrected chi connectivity index (χ4v) is 2.45. The summed E-state index contributed by atoms with van der Waals surface area (Å²) in [6, 6.07) is 12.7. The highest BCUT2D eigenvalue weighted by Gasteiger charge is 2.12. The molecule has 3 nitrogen and oxygen atoms in total. The van der Waals surface area contributed by atoms with Crippen molar-refractivity contribution in [1.29, 1.82) is 0 Å². The van der Waals surface area contributed by atoms with E-state index in [9.17, 15) is 0 Å². The van der Waals surface area contributed by atoms with Crippen molar-refractivity contribution in [2.24, 2.45) is 0 Å². The van der Waals surface area contributed by atoms with Gasteiger partial charge in [-0.25, -0.2) is 0 Å². The number of para-hydroxylation sites is 1. The van der Waals surface area contributed by atoms with E-state index in [4.69, 9.17) is 4.74 Å². The Balaban J connectivity index is 1.99. The summed E-state index contributed by atoms with van der Waals surface area (Å²) < 4.78 is 6.01. The highest BCUT2D eigenvalue weighted by atomic mass is 16.5. The van der Waals surface area contributed by atoms with E-state index in [1.165, 1.54) is 11.1 Å². The largest absolute Gasteiger partial charge is 0.493 e. The van der Waals surface area contributed by atoms with E-state index in [0.29, 0.717) is 12.6 Å². The lowest BCUT2D eigenvalue weighted by molar-refractivity contribution is 0.314. The summed E-state index contributed by atoms with van der Waals surface area (Å²) in [5.74, 6) is 0.986. The summed E-state index contributed by atoms with van der Waals surface area (Å²) in [6.45, 7) is 5.98. The number of rotatable bonds is 8. The van der Waals surface area contributed by atoms with Gasteiger partial charge in [-0.1, -0.05) is 32.0 Å². The van der Waals surface area contributed by atoms with Crippen molar-refractivity contribution in [3.63, 3.8) is 0 Å². The average Bonchev–Trinajstić information content (AvgIpc) is 2.54. The van der Waals surface area contributed by atoms with E-state index >= 15 is 0 Å². The van der Waals surface area contributed by atoms with Crippen LogP contribution in [-0.2, 0) is 6.42 Å². The molecule has 0 bridgehead atoms. The van der Waals surface area contributed by atoms with Crippen LogP contribution in [0.5, 0.6) is 5.75 Å². The Kier molecular flexibility index (Phi) is 6.22. The van der Waals surface area contributed by atoms with Crippen LogP contribution in [0.4, 0.5) is 0 Å². The van der Waals surface area contributed by atoms with E-state index < -0.39 is 0 Å². The quantitative estimate of drug-likeness (QED) is 0.801. The van der Waals surface area contributed by atoms with Crippen molar-refractivity contribution in [2.75, 3.05) is 13.2 Å². The van der Waals surface area contributed by atoms with Crippen molar-refractivity contribution >= 4 is 0 Å². The average molecular weight is 284 g/mol. The minimum absolute atomic E-state index is 0.354. The van der Waals surface area contributed by atoms with Gasteiger partial charge in [-0.3, -0.25) is 4.98 Å². The van der Waals surface area contributed by atoms with Crippen LogP contribution in [0.25, 0.3) is 0 Å². The molecule has 112 valence electrons. The zero-order chi connectivity index (χ0) is 14.9. The second kappa shape index (κ2) is 8.42. The number of ether oxygens (including phenoxy) is 1. The summed E-state index contributed by atoms with van der Waals surface area (Å²) in [4.78, 5) is 4.03. The molecule has 1 aromatic heterocycles. The monoisotopic (exact) mass is 284 g/mol. The van der Waals surface area contributed by atoms with Gasteiger partial charge in [0, 0.05) is 30.4 Å². The number of nitrogens with one attached hydrogen (secondary N) is 1. The first-order chi connectivity index (χ1) is 10.3. The van der Waals surface area contributed by atoms with Crippen LogP contribution in [-0.4, -0.2) is 18.1 Å². The third kappa shape index (κ3) is 4.57. The van der Waals surface area contributed by atoms with Gasteiger partial charge in [0.1, 0.15) is 5.75 Å². The van der Waals surface area contributed by atoms with Crippen molar-refractivity contribution in [1.82, 2.24) is 10.3 Å². The van der Waals surface area contributed by atoms with Crippen LogP contribution in [0.2, 0.25) is 0 Å². The number of hydrogen-bond acceptors (Lipinski definition) is 3. The molecule has 0 aliphatic heterocycles. The van der Waals surface area contributed by atoms with Crippen LogP contribution in [0.1, 0.15) is 37.4 Å². The number of hydrogen-bond donors (Lipinski definition) is 1. The van der Waals surface area contributed by atoms with E-state index in [1.54, 1.807) is 0 Å². The van der Waals surface area contributed by atoms with Crippen molar-refractivity contribution < 1.29 is 4.74 Å². The molecule has 0 saturated heterocycles. The molecule has 1 N–H and O–H groups in total. The zero-order valence-electron chi connectivity index (χ0n) is 12.9. The molecule has 0 fully saturated rings. The number of aromatic nitrogens is 1. The van der Waals surface area contributed by atoms with Crippen LogP contribution in [0, 0.1) is 0 Å². The Hall–Kier alpha value is -1.87. The molecule has 1 aromatic carbocycles. The maximum absolute atomic E-state index is 6.01. The SMILES string of the molecule is CCNC(CC)c1ccccc1OCCc1ccncc1. The highest BCUT2D eigenvalue weighted by molar-refractivity contribution is 5.36. The molecule has 1 atom stereocenters. The van der Waals surface area contributed by atoms with Crippen LogP contribution in [0.3, 0.4) is 0 Å². The summed E-state index contributed by atoms with van der Waals surface area (Å²) >= 11 is 0. The summed E-state index contributed by atoms with van der Waals surface area (Å²) in [5.41, 5.74) is 2.50. The topological polar surface area (TPSA) is 34.1 Å². The fourth-order valence-electron chi connectivity index (χ4n) is 2.45. The molecule has 0 saturated carbocycles. The Bertz CT molecular complexity index is 528. The molecule has 3 heteroatoms. The predicted octanol–water partition coefficient (Wildman–Crippen LogP) is 3.76. The van der Waals surface area contributed by atoms with Gasteiger partial charge in [0.2, 0.25) is 0 Å². The van der Waals surface area contributed by atoms with E-state index in [0.717, 1.165) is 25.1 Å². The zero-order valence-corrected chi connectivity index (χ0v) is 12.9. The smallest absolute Gasteiger partial charge is 0.124 e. The van der Waals surface area contributed by atoms with E-state index in [1.807, 2.05) is 30.6 Å². The maximum atomic E-state index is 6.01. The van der Waals surface area contributed by atoms with E-state index in [-0.39, 0.29) is 0 Å². The first-order valence-corrected chi connectivity index (χ1v) is 7.69. The normalized spacial score (nSPS) is 12.1. The summed E-state index contributed by atoms with van der Waals surface area (Å²) in [7, 11) is 0. The lowest BCUT2D eigenvalue weighted by Gasteiger charge is -2.20. The van der Waals surface area contributed by atoms with Gasteiger partial charge in [-0.15, -0.1) is 0 Å². The number of pyridine rings is 1. The standard InChI is InChI=1S/C18H24N2O/c1-3-17(20-4-2)16-7-5-6-8-18(16)21-14-11-15-9-12-19-13-10-15/h5-10,12-13,17,20H,3-4,11,14H2,1-2H3. The van der Waals surface area contributed by atoms with Crippen LogP contribution < -0.4 is 10.1 Å². The lowest BCUT2D eigenvalue weighted by Crippen LogP contribution is -2.21. The molecular formula is C18H24N2O. The van der Waals surface area contributed by atoms with Gasteiger partial charge < -0.3 is 10.1 Å². The molecule has 21 heavy (non-hydrogen) atoms. The Morgan fingerprint density at radius 2 is 1.86 bits per heavy atom. The molecule has 1 unspecified atom stereocenters. The molecule has 2 aromatic rings. The molecule has 0 aliphatic carbocycles. The second-order valence-electron chi connectivity index (χ2n) is 5.01. The molecule has 0 radical (unpaired) electrons. The third-order valence-electron chi connectivity index (χ3n) is 3.55. The van der Waals surface area contributed by atoms with Crippen molar-refractivity contribution in [2.45, 2.75) is 32.7 Å². The van der Waals surface area contributed by atoms with E-state index in [2.05, 4.69) is 42.3 Å². The van der Waals surface area contributed by atoms with Gasteiger partial charge in [-0.05, 0) is 36.7 Å². The molecule has 0 spiro atoms. The maximum Gasteiger partial charge on any atom is 0.124 e. The highest BCUT2D eigenvalue weighted by Crippen LogP contribution is 2.27. The van der Waals surface area contributed by atoms with Crippen LogP contribution >= 0.6 is 0 Å². The van der Waals surface area contributed by atoms with Gasteiger partial charge >= 0.3 is 0 Å². The Labute approximate surface area is 127 Å². The Morgan fingerprint density at radius 1 is 1.10 bits per heavy atom.